The van der Waals surface area contributed by atoms with Gasteiger partial charge in [-0.05, 0) is 56.3 Å². The first kappa shape index (κ1) is 19.6. The van der Waals surface area contributed by atoms with Crippen molar-refractivity contribution in [1.29, 1.82) is 0 Å². The van der Waals surface area contributed by atoms with Crippen LogP contribution in [-0.2, 0) is 0 Å². The van der Waals surface area contributed by atoms with Gasteiger partial charge in [-0.2, -0.15) is 0 Å². The van der Waals surface area contributed by atoms with Crippen LogP contribution < -0.4 is 5.32 Å². The molecule has 0 amide bonds. The van der Waals surface area contributed by atoms with E-state index in [0.29, 0.717) is 17.9 Å². The van der Waals surface area contributed by atoms with Gasteiger partial charge in [0.25, 0.3) is 0 Å². The summed E-state index contributed by atoms with van der Waals surface area (Å²) in [5, 5.41) is 3.67. The molecule has 144 valence electrons. The largest absolute Gasteiger partial charge is 0.346 e. The van der Waals surface area contributed by atoms with Gasteiger partial charge in [0.15, 0.2) is 0 Å². The lowest BCUT2D eigenvalue weighted by molar-refractivity contribution is 0.276. The first-order chi connectivity index (χ1) is 13.0. The van der Waals surface area contributed by atoms with Crippen LogP contribution in [0, 0.1) is 11.7 Å². The van der Waals surface area contributed by atoms with Crippen LogP contribution in [0.1, 0.15) is 44.6 Å². The number of hydrogen-bond donors (Lipinski definition) is 1. The van der Waals surface area contributed by atoms with Crippen LogP contribution in [0.25, 0.3) is 0 Å². The zero-order chi connectivity index (χ0) is 19.4. The molecule has 2 heterocycles. The Hall–Kier alpha value is -2.13. The molecular weight excluding hydrogens is 335 g/mol. The van der Waals surface area contributed by atoms with Crippen molar-refractivity contribution in [3.05, 3.63) is 84.0 Å². The number of nitrogens with zero attached hydrogens (tertiary/aromatic N) is 1. The van der Waals surface area contributed by atoms with Crippen LogP contribution >= 0.6 is 0 Å². The summed E-state index contributed by atoms with van der Waals surface area (Å²) in [6.45, 7) is 14.4. The molecule has 1 aromatic rings. The lowest BCUT2D eigenvalue weighted by Gasteiger charge is -2.31. The molecule has 27 heavy (non-hydrogen) atoms. The minimum atomic E-state index is -0.176. The summed E-state index contributed by atoms with van der Waals surface area (Å²) in [5.41, 5.74) is 4.89. The minimum Gasteiger partial charge on any atom is -0.346 e. The molecule has 2 aliphatic rings. The summed E-state index contributed by atoms with van der Waals surface area (Å²) in [6, 6.07) is 7.37. The van der Waals surface area contributed by atoms with E-state index in [1.54, 1.807) is 12.1 Å². The Labute approximate surface area is 163 Å². The third-order valence-electron chi connectivity index (χ3n) is 5.69. The highest BCUT2D eigenvalue weighted by molar-refractivity contribution is 5.35. The molecule has 3 rings (SSSR count). The number of benzene rings is 1. The highest BCUT2D eigenvalue weighted by Gasteiger charge is 2.31. The molecule has 0 saturated carbocycles. The van der Waals surface area contributed by atoms with Crippen LogP contribution in [0.5, 0.6) is 0 Å². The number of nitrogens with one attached hydrogen (secondary N) is 1. The molecule has 0 aliphatic carbocycles. The van der Waals surface area contributed by atoms with Gasteiger partial charge in [-0.15, -0.1) is 0 Å². The van der Waals surface area contributed by atoms with Gasteiger partial charge in [-0.1, -0.05) is 55.5 Å². The second-order valence-corrected chi connectivity index (χ2v) is 7.98. The average molecular weight is 367 g/mol. The van der Waals surface area contributed by atoms with Crippen molar-refractivity contribution >= 4 is 0 Å². The summed E-state index contributed by atoms with van der Waals surface area (Å²) in [4.78, 5) is 2.35. The molecule has 1 aromatic carbocycles. The first-order valence-corrected chi connectivity index (χ1v) is 9.92. The molecule has 1 saturated heterocycles. The quantitative estimate of drug-likeness (QED) is 0.608. The molecular formula is C24H31FN2. The molecule has 3 unspecified atom stereocenters. The summed E-state index contributed by atoms with van der Waals surface area (Å²) in [5.74, 6) is 0.831. The maximum Gasteiger partial charge on any atom is 0.123 e. The van der Waals surface area contributed by atoms with Gasteiger partial charge >= 0.3 is 0 Å². The van der Waals surface area contributed by atoms with Crippen molar-refractivity contribution < 1.29 is 4.39 Å². The lowest BCUT2D eigenvalue weighted by Crippen LogP contribution is -2.42. The average Bonchev–Trinajstić information content (AvgIpc) is 3.40. The van der Waals surface area contributed by atoms with E-state index in [1.807, 2.05) is 18.2 Å². The van der Waals surface area contributed by atoms with E-state index in [1.165, 1.54) is 35.2 Å². The Kier molecular flexibility index (Phi) is 6.33. The molecule has 1 fully saturated rings. The smallest absolute Gasteiger partial charge is 0.123 e. The number of allylic oxidation sites excluding steroid dienone is 5. The van der Waals surface area contributed by atoms with E-state index in [2.05, 4.69) is 49.5 Å². The van der Waals surface area contributed by atoms with Crippen LogP contribution in [0.15, 0.2) is 72.6 Å². The van der Waals surface area contributed by atoms with Gasteiger partial charge in [-0.3, -0.25) is 0 Å². The number of piperidine rings is 1. The molecule has 1 N–H and O–H groups in total. The monoisotopic (exact) mass is 366 g/mol. The second kappa shape index (κ2) is 8.71. The van der Waals surface area contributed by atoms with Gasteiger partial charge in [0, 0.05) is 30.4 Å². The third kappa shape index (κ3) is 5.43. The molecule has 0 spiro atoms. The van der Waals surface area contributed by atoms with Gasteiger partial charge < -0.3 is 10.2 Å². The number of halogens is 1. The summed E-state index contributed by atoms with van der Waals surface area (Å²) >= 11 is 0. The molecule has 2 nitrogen and oxygen atoms in total. The predicted octanol–water partition coefficient (Wildman–Crippen LogP) is 5.53. The summed E-state index contributed by atoms with van der Waals surface area (Å²) in [7, 11) is 0. The van der Waals surface area contributed by atoms with Crippen molar-refractivity contribution in [2.24, 2.45) is 5.92 Å². The molecule has 3 heteroatoms. The molecule has 3 atom stereocenters. The highest BCUT2D eigenvalue weighted by atomic mass is 19.1. The van der Waals surface area contributed by atoms with E-state index in [-0.39, 0.29) is 5.82 Å². The fraction of sp³-hybridized carbons (Fsp3) is 0.417. The number of hydrogen-bond acceptors (Lipinski definition) is 2. The third-order valence-corrected chi connectivity index (χ3v) is 5.69. The van der Waals surface area contributed by atoms with Crippen LogP contribution in [0.2, 0.25) is 0 Å². The van der Waals surface area contributed by atoms with Gasteiger partial charge in [0.2, 0.25) is 0 Å². The maximum absolute atomic E-state index is 13.1. The van der Waals surface area contributed by atoms with Crippen LogP contribution in [0.4, 0.5) is 4.39 Å². The predicted molar refractivity (Wildman–Crippen MR) is 112 cm³/mol. The highest BCUT2D eigenvalue weighted by Crippen LogP contribution is 2.36. The maximum atomic E-state index is 13.1. The lowest BCUT2D eigenvalue weighted by atomic mass is 9.87. The fourth-order valence-electron chi connectivity index (χ4n) is 4.04. The van der Waals surface area contributed by atoms with Crippen molar-refractivity contribution in [3.8, 4) is 0 Å². The van der Waals surface area contributed by atoms with Crippen molar-refractivity contribution in [3.63, 3.8) is 0 Å². The Morgan fingerprint density at radius 1 is 1.37 bits per heavy atom. The zero-order valence-electron chi connectivity index (χ0n) is 16.5. The van der Waals surface area contributed by atoms with Gasteiger partial charge in [0.1, 0.15) is 5.82 Å². The zero-order valence-corrected chi connectivity index (χ0v) is 16.5. The molecule has 0 bridgehead atoms. The van der Waals surface area contributed by atoms with Crippen molar-refractivity contribution in [2.75, 3.05) is 13.1 Å². The van der Waals surface area contributed by atoms with Gasteiger partial charge in [0.05, 0.1) is 0 Å². The Balaban J connectivity index is 1.47. The van der Waals surface area contributed by atoms with E-state index >= 15 is 0 Å². The SMILES string of the molecule is C=C/C(C)=C/C(=C)CC1CCNC(CN2C=C2C(C)c2ccc(F)cc2)C1. The van der Waals surface area contributed by atoms with E-state index < -0.39 is 0 Å². The summed E-state index contributed by atoms with van der Waals surface area (Å²) in [6.07, 6.45) is 9.72. The van der Waals surface area contributed by atoms with Crippen LogP contribution in [-0.4, -0.2) is 24.0 Å². The Bertz CT molecular complexity index is 744. The van der Waals surface area contributed by atoms with E-state index in [9.17, 15) is 4.39 Å². The topological polar surface area (TPSA) is 15.0 Å². The minimum absolute atomic E-state index is 0.176. The molecule has 2 aliphatic heterocycles. The normalized spacial score (nSPS) is 23.6. The molecule has 0 aromatic heterocycles. The fourth-order valence-corrected chi connectivity index (χ4v) is 4.04. The Morgan fingerprint density at radius 3 is 2.81 bits per heavy atom. The first-order valence-electron chi connectivity index (χ1n) is 9.92. The van der Waals surface area contributed by atoms with Crippen LogP contribution in [0.3, 0.4) is 0 Å². The van der Waals surface area contributed by atoms with Crippen molar-refractivity contribution in [2.45, 2.75) is 45.1 Å². The van der Waals surface area contributed by atoms with E-state index in [4.69, 9.17) is 0 Å². The Morgan fingerprint density at radius 2 is 2.11 bits per heavy atom. The standard InChI is InChI=1S/C24H31FN2/c1-5-17(2)12-18(3)13-20-10-11-26-23(14-20)15-27-16-24(27)19(4)21-6-8-22(25)9-7-21/h5-9,12,16,19-20,23,26H,1,3,10-11,13-15H2,2,4H3/b17-12+. The second-order valence-electron chi connectivity index (χ2n) is 7.98. The van der Waals surface area contributed by atoms with E-state index in [0.717, 1.165) is 19.5 Å². The molecule has 0 radical (unpaired) electrons. The van der Waals surface area contributed by atoms with Gasteiger partial charge in [-0.25, -0.2) is 4.39 Å². The van der Waals surface area contributed by atoms with Crippen molar-refractivity contribution in [1.82, 2.24) is 10.2 Å². The summed E-state index contributed by atoms with van der Waals surface area (Å²) < 4.78 is 13.1. The number of rotatable bonds is 8.